The third kappa shape index (κ3) is 6.43. The molecule has 1 saturated heterocycles. The van der Waals surface area contributed by atoms with Gasteiger partial charge in [-0.1, -0.05) is 59.1 Å². The lowest BCUT2D eigenvalue weighted by Crippen LogP contribution is -2.48. The lowest BCUT2D eigenvalue weighted by Gasteiger charge is -2.34. The molecule has 1 heterocycles. The van der Waals surface area contributed by atoms with Crippen molar-refractivity contribution < 1.29 is 4.79 Å². The molecule has 0 bridgehead atoms. The van der Waals surface area contributed by atoms with E-state index in [1.165, 1.54) is 0 Å². The molecule has 1 aliphatic rings. The Balaban J connectivity index is 1.44. The van der Waals surface area contributed by atoms with Crippen molar-refractivity contribution in [3.05, 3.63) is 68.7 Å². The largest absolute Gasteiger partial charge is 0.296 e. The summed E-state index contributed by atoms with van der Waals surface area (Å²) in [6, 6.07) is 13.2. The highest BCUT2D eigenvalue weighted by molar-refractivity contribution is 6.42. The molecule has 8 heteroatoms. The summed E-state index contributed by atoms with van der Waals surface area (Å²) in [5.74, 6) is -0.135. The smallest absolute Gasteiger partial charge is 0.254 e. The molecule has 1 amide bonds. The SMILES string of the molecule is C/C(=N/NC(=O)CN1CCN(Cc2ccccc2Cl)CC1)c1ccc(Cl)c(Cl)c1. The Bertz CT molecular complexity index is 895. The van der Waals surface area contributed by atoms with Crippen LogP contribution in [0.5, 0.6) is 0 Å². The van der Waals surface area contributed by atoms with Gasteiger partial charge in [-0.25, -0.2) is 5.43 Å². The molecular weight excluding hydrogens is 431 g/mol. The van der Waals surface area contributed by atoms with Gasteiger partial charge in [0.1, 0.15) is 0 Å². The second-order valence-corrected chi connectivity index (χ2v) is 8.23. The van der Waals surface area contributed by atoms with Gasteiger partial charge in [0.05, 0.1) is 22.3 Å². The van der Waals surface area contributed by atoms with Crippen LogP contribution in [0.3, 0.4) is 0 Å². The van der Waals surface area contributed by atoms with Gasteiger partial charge < -0.3 is 0 Å². The van der Waals surface area contributed by atoms with Gasteiger partial charge in [-0.05, 0) is 36.2 Å². The Morgan fingerprint density at radius 3 is 2.34 bits per heavy atom. The molecule has 29 heavy (non-hydrogen) atoms. The van der Waals surface area contributed by atoms with E-state index in [1.807, 2.05) is 31.2 Å². The summed E-state index contributed by atoms with van der Waals surface area (Å²) < 4.78 is 0. The summed E-state index contributed by atoms with van der Waals surface area (Å²) in [4.78, 5) is 16.7. The van der Waals surface area contributed by atoms with Gasteiger partial charge >= 0.3 is 0 Å². The van der Waals surface area contributed by atoms with Gasteiger partial charge in [0.25, 0.3) is 5.91 Å². The summed E-state index contributed by atoms with van der Waals surface area (Å²) in [7, 11) is 0. The lowest BCUT2D eigenvalue weighted by molar-refractivity contribution is -0.122. The van der Waals surface area contributed by atoms with E-state index in [2.05, 4.69) is 26.4 Å². The molecule has 1 aliphatic heterocycles. The highest BCUT2D eigenvalue weighted by Crippen LogP contribution is 2.23. The highest BCUT2D eigenvalue weighted by Gasteiger charge is 2.19. The number of nitrogens with zero attached hydrogens (tertiary/aromatic N) is 3. The zero-order chi connectivity index (χ0) is 20.8. The third-order valence-electron chi connectivity index (χ3n) is 4.87. The maximum atomic E-state index is 12.2. The molecule has 3 rings (SSSR count). The Labute approximate surface area is 186 Å². The van der Waals surface area contributed by atoms with Crippen LogP contribution in [0.4, 0.5) is 0 Å². The van der Waals surface area contributed by atoms with Crippen molar-refractivity contribution in [3.8, 4) is 0 Å². The van der Waals surface area contributed by atoms with Crippen molar-refractivity contribution >= 4 is 46.4 Å². The summed E-state index contributed by atoms with van der Waals surface area (Å²) in [6.45, 7) is 6.40. The van der Waals surface area contributed by atoms with E-state index in [1.54, 1.807) is 12.1 Å². The monoisotopic (exact) mass is 452 g/mol. The fraction of sp³-hybridized carbons (Fsp3) is 0.333. The van der Waals surface area contributed by atoms with E-state index in [4.69, 9.17) is 34.8 Å². The average Bonchev–Trinajstić information content (AvgIpc) is 2.71. The van der Waals surface area contributed by atoms with Crippen molar-refractivity contribution in [1.82, 2.24) is 15.2 Å². The number of carbonyl (C=O) groups is 1. The number of piperazine rings is 1. The molecule has 0 unspecified atom stereocenters. The topological polar surface area (TPSA) is 47.9 Å². The van der Waals surface area contributed by atoms with E-state index in [9.17, 15) is 4.79 Å². The lowest BCUT2D eigenvalue weighted by atomic mass is 10.1. The Hall–Kier alpha value is -1.63. The number of amides is 1. The van der Waals surface area contributed by atoms with E-state index in [-0.39, 0.29) is 5.91 Å². The molecule has 5 nitrogen and oxygen atoms in total. The van der Waals surface area contributed by atoms with Crippen molar-refractivity contribution in [2.24, 2.45) is 5.10 Å². The Kier molecular flexibility index (Phi) is 7.92. The first-order valence-electron chi connectivity index (χ1n) is 9.39. The molecular formula is C21H23Cl3N4O. The predicted octanol–water partition coefficient (Wildman–Crippen LogP) is 4.30. The second kappa shape index (κ2) is 10.4. The number of halogens is 3. The van der Waals surface area contributed by atoms with Crippen LogP contribution in [0.1, 0.15) is 18.1 Å². The van der Waals surface area contributed by atoms with Crippen molar-refractivity contribution in [2.45, 2.75) is 13.5 Å². The van der Waals surface area contributed by atoms with Crippen molar-refractivity contribution in [1.29, 1.82) is 0 Å². The number of benzene rings is 2. The van der Waals surface area contributed by atoms with Crippen LogP contribution in [-0.4, -0.2) is 54.1 Å². The summed E-state index contributed by atoms with van der Waals surface area (Å²) in [5, 5.41) is 5.92. The molecule has 1 fully saturated rings. The van der Waals surface area contributed by atoms with Crippen LogP contribution < -0.4 is 5.43 Å². The molecule has 0 aromatic heterocycles. The first-order chi connectivity index (χ1) is 13.9. The molecule has 2 aromatic carbocycles. The van der Waals surface area contributed by atoms with E-state index >= 15 is 0 Å². The first kappa shape index (κ1) is 22.1. The number of hydrogen-bond acceptors (Lipinski definition) is 4. The number of hydrogen-bond donors (Lipinski definition) is 1. The van der Waals surface area contributed by atoms with Crippen LogP contribution in [0.25, 0.3) is 0 Å². The number of hydrazone groups is 1. The van der Waals surface area contributed by atoms with Gasteiger partial charge in [0.15, 0.2) is 0 Å². The van der Waals surface area contributed by atoms with E-state index in [0.29, 0.717) is 22.3 Å². The normalized spacial score (nSPS) is 16.1. The van der Waals surface area contributed by atoms with E-state index < -0.39 is 0 Å². The minimum absolute atomic E-state index is 0.135. The first-order valence-corrected chi connectivity index (χ1v) is 10.5. The van der Waals surface area contributed by atoms with Crippen molar-refractivity contribution in [2.75, 3.05) is 32.7 Å². The van der Waals surface area contributed by atoms with Gasteiger partial charge in [-0.3, -0.25) is 14.6 Å². The van der Waals surface area contributed by atoms with Gasteiger partial charge in [0, 0.05) is 37.7 Å². The molecule has 0 radical (unpaired) electrons. The van der Waals surface area contributed by atoms with Crippen molar-refractivity contribution in [3.63, 3.8) is 0 Å². The standard InChI is InChI=1S/C21H23Cl3N4O/c1-15(16-6-7-19(23)20(24)12-16)25-26-21(29)14-28-10-8-27(9-11-28)13-17-4-2-3-5-18(17)22/h2-7,12H,8-11,13-14H2,1H3,(H,26,29)/b25-15-. The molecule has 0 atom stereocenters. The van der Waals surface area contributed by atoms with Crippen LogP contribution in [0.2, 0.25) is 15.1 Å². The molecule has 154 valence electrons. The Morgan fingerprint density at radius 2 is 1.66 bits per heavy atom. The average molecular weight is 454 g/mol. The minimum Gasteiger partial charge on any atom is -0.296 e. The Morgan fingerprint density at radius 1 is 0.966 bits per heavy atom. The second-order valence-electron chi connectivity index (χ2n) is 7.00. The summed E-state index contributed by atoms with van der Waals surface area (Å²) >= 11 is 18.2. The van der Waals surface area contributed by atoms with Gasteiger partial charge in [0.2, 0.25) is 0 Å². The zero-order valence-electron chi connectivity index (χ0n) is 16.2. The minimum atomic E-state index is -0.135. The predicted molar refractivity (Wildman–Crippen MR) is 120 cm³/mol. The molecule has 0 saturated carbocycles. The maximum absolute atomic E-state index is 12.2. The van der Waals surface area contributed by atoms with Crippen LogP contribution in [0, 0.1) is 0 Å². The quantitative estimate of drug-likeness (QED) is 0.524. The number of carbonyl (C=O) groups excluding carboxylic acids is 1. The van der Waals surface area contributed by atoms with Crippen LogP contribution >= 0.6 is 34.8 Å². The zero-order valence-corrected chi connectivity index (χ0v) is 18.4. The van der Waals surface area contributed by atoms with E-state index in [0.717, 1.165) is 48.9 Å². The van der Waals surface area contributed by atoms with Gasteiger partial charge in [-0.2, -0.15) is 5.10 Å². The number of rotatable bonds is 6. The third-order valence-corrected chi connectivity index (χ3v) is 5.98. The number of nitrogens with one attached hydrogen (secondary N) is 1. The molecule has 1 N–H and O–H groups in total. The summed E-state index contributed by atoms with van der Waals surface area (Å²) in [5.41, 5.74) is 5.23. The fourth-order valence-corrected chi connectivity index (χ4v) is 3.64. The molecule has 0 spiro atoms. The van der Waals surface area contributed by atoms with Crippen LogP contribution in [0.15, 0.2) is 47.6 Å². The molecule has 0 aliphatic carbocycles. The maximum Gasteiger partial charge on any atom is 0.254 e. The summed E-state index contributed by atoms with van der Waals surface area (Å²) in [6.07, 6.45) is 0. The fourth-order valence-electron chi connectivity index (χ4n) is 3.14. The highest BCUT2D eigenvalue weighted by atomic mass is 35.5. The van der Waals surface area contributed by atoms with Gasteiger partial charge in [-0.15, -0.1) is 0 Å². The van der Waals surface area contributed by atoms with Crippen LogP contribution in [-0.2, 0) is 11.3 Å². The molecule has 2 aromatic rings.